The van der Waals surface area contributed by atoms with Crippen molar-refractivity contribution in [3.05, 3.63) is 34.9 Å². The molecule has 2 fully saturated rings. The lowest BCUT2D eigenvalue weighted by molar-refractivity contribution is -0.150. The van der Waals surface area contributed by atoms with Crippen molar-refractivity contribution in [2.75, 3.05) is 39.4 Å². The number of hydrogen-bond acceptors (Lipinski definition) is 6. The Kier molecular flexibility index (Phi) is 7.48. The maximum Gasteiger partial charge on any atom is 0.410 e. The van der Waals surface area contributed by atoms with Crippen LogP contribution >= 0.6 is 0 Å². The molecule has 1 heterocycles. The van der Waals surface area contributed by atoms with Crippen LogP contribution in [-0.4, -0.2) is 66.9 Å². The number of benzene rings is 1. The van der Waals surface area contributed by atoms with E-state index in [1.165, 1.54) is 6.07 Å². The van der Waals surface area contributed by atoms with Crippen LogP contribution in [0.3, 0.4) is 0 Å². The van der Waals surface area contributed by atoms with E-state index in [4.69, 9.17) is 20.8 Å². The van der Waals surface area contributed by atoms with Crippen LogP contribution in [0.15, 0.2) is 12.1 Å². The van der Waals surface area contributed by atoms with Gasteiger partial charge in [0.05, 0.1) is 13.2 Å². The number of carbonyl (C=O) groups is 2. The van der Waals surface area contributed by atoms with E-state index in [1.54, 1.807) is 11.8 Å². The van der Waals surface area contributed by atoms with Gasteiger partial charge in [-0.1, -0.05) is 0 Å². The fourth-order valence-electron chi connectivity index (χ4n) is 3.71. The van der Waals surface area contributed by atoms with Crippen molar-refractivity contribution in [1.29, 1.82) is 0 Å². The summed E-state index contributed by atoms with van der Waals surface area (Å²) in [7, 11) is 0. The molecule has 0 bridgehead atoms. The lowest BCUT2D eigenvalue weighted by Gasteiger charge is -2.35. The van der Waals surface area contributed by atoms with Gasteiger partial charge in [0.25, 0.3) is 0 Å². The molecule has 1 aromatic carbocycles. The summed E-state index contributed by atoms with van der Waals surface area (Å²) in [4.78, 5) is 31.7. The van der Waals surface area contributed by atoms with Crippen molar-refractivity contribution >= 4 is 17.7 Å². The second kappa shape index (κ2) is 9.96. The van der Waals surface area contributed by atoms with Gasteiger partial charge < -0.3 is 19.1 Å². The molecule has 1 saturated heterocycles. The first kappa shape index (κ1) is 24.8. The van der Waals surface area contributed by atoms with Crippen molar-refractivity contribution in [2.45, 2.75) is 52.7 Å². The lowest BCUT2D eigenvalue weighted by atomic mass is 10.1. The summed E-state index contributed by atoms with van der Waals surface area (Å²) >= 11 is 0. The minimum absolute atomic E-state index is 0.0806. The predicted molar refractivity (Wildman–Crippen MR) is 120 cm³/mol. The topological polar surface area (TPSA) is 72.7 Å². The van der Waals surface area contributed by atoms with Crippen molar-refractivity contribution < 1.29 is 28.2 Å². The third-order valence-electron chi connectivity index (χ3n) is 5.70. The number of piperazine rings is 1. The SMILES string of the molecule is [C-]#[N+]c1cc(F)cc(CN2CCN(C(=O)OC(C)(C)C)CC2)c1OCC1(C(=O)OCC)CC1. The summed E-state index contributed by atoms with van der Waals surface area (Å²) in [6.45, 7) is 17.6. The number of amides is 1. The second-order valence-corrected chi connectivity index (χ2v) is 9.56. The Morgan fingerprint density at radius 3 is 2.39 bits per heavy atom. The van der Waals surface area contributed by atoms with Crippen LogP contribution < -0.4 is 4.74 Å². The van der Waals surface area contributed by atoms with Gasteiger partial charge in [0.15, 0.2) is 0 Å². The van der Waals surface area contributed by atoms with Gasteiger partial charge >= 0.3 is 12.1 Å². The molecule has 1 aliphatic carbocycles. The first-order valence-electron chi connectivity index (χ1n) is 11.3. The molecule has 0 unspecified atom stereocenters. The summed E-state index contributed by atoms with van der Waals surface area (Å²) in [6.07, 6.45) is 0.992. The fraction of sp³-hybridized carbons (Fsp3) is 0.625. The number of carbonyl (C=O) groups excluding carboxylic acids is 2. The molecular weight excluding hydrogens is 429 g/mol. The normalized spacial score (nSPS) is 17.8. The highest BCUT2D eigenvalue weighted by molar-refractivity contribution is 5.80. The van der Waals surface area contributed by atoms with Crippen LogP contribution in [0.5, 0.6) is 5.75 Å². The highest BCUT2D eigenvalue weighted by atomic mass is 19.1. The van der Waals surface area contributed by atoms with Gasteiger partial charge in [0.1, 0.15) is 29.2 Å². The third kappa shape index (κ3) is 6.35. The molecule has 1 saturated carbocycles. The van der Waals surface area contributed by atoms with Gasteiger partial charge in [0, 0.05) is 38.3 Å². The van der Waals surface area contributed by atoms with Crippen molar-refractivity contribution in [2.24, 2.45) is 5.41 Å². The van der Waals surface area contributed by atoms with E-state index < -0.39 is 16.8 Å². The predicted octanol–water partition coefficient (Wildman–Crippen LogP) is 4.15. The van der Waals surface area contributed by atoms with Crippen molar-refractivity contribution in [3.8, 4) is 5.75 Å². The summed E-state index contributed by atoms with van der Waals surface area (Å²) in [6, 6.07) is 2.52. The average Bonchev–Trinajstić information content (AvgIpc) is 3.53. The Balaban J connectivity index is 1.67. The molecule has 1 amide bonds. The third-order valence-corrected chi connectivity index (χ3v) is 5.70. The van der Waals surface area contributed by atoms with Crippen molar-refractivity contribution in [3.63, 3.8) is 0 Å². The molecule has 0 N–H and O–H groups in total. The van der Waals surface area contributed by atoms with E-state index in [0.717, 1.165) is 6.07 Å². The Morgan fingerprint density at radius 2 is 1.85 bits per heavy atom. The first-order chi connectivity index (χ1) is 15.6. The molecule has 0 radical (unpaired) electrons. The summed E-state index contributed by atoms with van der Waals surface area (Å²) in [5.41, 5.74) is -0.607. The Hall–Kier alpha value is -2.86. The van der Waals surface area contributed by atoms with Gasteiger partial charge in [-0.05, 0) is 52.7 Å². The van der Waals surface area contributed by atoms with Crippen LogP contribution in [0, 0.1) is 17.8 Å². The second-order valence-electron chi connectivity index (χ2n) is 9.56. The van der Waals surface area contributed by atoms with Crippen molar-refractivity contribution in [1.82, 2.24) is 9.80 Å². The summed E-state index contributed by atoms with van der Waals surface area (Å²) in [5, 5.41) is 0. The van der Waals surface area contributed by atoms with E-state index in [0.29, 0.717) is 63.5 Å². The number of hydrogen-bond donors (Lipinski definition) is 0. The van der Waals surface area contributed by atoms with Crippen LogP contribution in [0.2, 0.25) is 0 Å². The minimum Gasteiger partial charge on any atom is -0.503 e. The molecule has 0 atom stereocenters. The highest BCUT2D eigenvalue weighted by Crippen LogP contribution is 2.48. The number of rotatable bonds is 7. The van der Waals surface area contributed by atoms with Gasteiger partial charge in [-0.15, -0.1) is 0 Å². The zero-order valence-electron chi connectivity index (χ0n) is 19.8. The molecule has 180 valence electrons. The van der Waals surface area contributed by atoms with Gasteiger partial charge in [-0.3, -0.25) is 9.69 Å². The minimum atomic E-state index is -0.681. The van der Waals surface area contributed by atoms with Crippen LogP contribution in [-0.2, 0) is 20.8 Å². The van der Waals surface area contributed by atoms with Crippen LogP contribution in [0.1, 0.15) is 46.1 Å². The van der Waals surface area contributed by atoms with E-state index in [1.807, 2.05) is 20.8 Å². The summed E-state index contributed by atoms with van der Waals surface area (Å²) < 4.78 is 30.8. The Bertz CT molecular complexity index is 925. The highest BCUT2D eigenvalue weighted by Gasteiger charge is 2.52. The number of nitrogens with zero attached hydrogens (tertiary/aromatic N) is 3. The smallest absolute Gasteiger partial charge is 0.410 e. The van der Waals surface area contributed by atoms with Crippen LogP contribution in [0.4, 0.5) is 14.9 Å². The van der Waals surface area contributed by atoms with E-state index in [9.17, 15) is 14.0 Å². The number of halogens is 1. The zero-order chi connectivity index (χ0) is 24.2. The molecular formula is C24H32FN3O5. The van der Waals surface area contributed by atoms with Gasteiger partial charge in [-0.25, -0.2) is 14.0 Å². The maximum atomic E-state index is 14.2. The average molecular weight is 462 g/mol. The van der Waals surface area contributed by atoms with Crippen LogP contribution in [0.25, 0.3) is 4.85 Å². The van der Waals surface area contributed by atoms with E-state index in [2.05, 4.69) is 9.74 Å². The Morgan fingerprint density at radius 1 is 1.18 bits per heavy atom. The van der Waals surface area contributed by atoms with Gasteiger partial charge in [-0.2, -0.15) is 0 Å². The summed E-state index contributed by atoms with van der Waals surface area (Å²) in [5.74, 6) is -0.505. The van der Waals surface area contributed by atoms with E-state index in [-0.39, 0.29) is 24.4 Å². The first-order valence-corrected chi connectivity index (χ1v) is 11.3. The quantitative estimate of drug-likeness (QED) is 0.449. The molecule has 3 rings (SSSR count). The van der Waals surface area contributed by atoms with Gasteiger partial charge in [0.2, 0.25) is 5.69 Å². The largest absolute Gasteiger partial charge is 0.503 e. The maximum absolute atomic E-state index is 14.2. The molecule has 1 aliphatic heterocycles. The molecule has 1 aromatic rings. The monoisotopic (exact) mass is 461 g/mol. The fourth-order valence-corrected chi connectivity index (χ4v) is 3.71. The molecule has 0 spiro atoms. The molecule has 2 aliphatic rings. The molecule has 0 aromatic heterocycles. The number of ether oxygens (including phenoxy) is 3. The lowest BCUT2D eigenvalue weighted by Crippen LogP contribution is -2.49. The standard InChI is InChI=1S/C24H32FN3O5/c1-6-31-21(29)24(7-8-24)16-32-20-17(13-18(25)14-19(20)26-5)15-27-9-11-28(12-10-27)22(30)33-23(2,3)4/h13-14H,6-12,15-16H2,1-4H3. The molecule has 8 nitrogen and oxygen atoms in total. The number of esters is 1. The van der Waals surface area contributed by atoms with E-state index >= 15 is 0 Å². The zero-order valence-corrected chi connectivity index (χ0v) is 19.8. The molecule has 33 heavy (non-hydrogen) atoms. The Labute approximate surface area is 194 Å². The molecule has 9 heteroatoms.